The van der Waals surface area contributed by atoms with Crippen molar-refractivity contribution in [1.82, 2.24) is 0 Å². The van der Waals surface area contributed by atoms with Gasteiger partial charge in [0.05, 0.1) is 52.9 Å². The molecule has 0 aromatic heterocycles. The Morgan fingerprint density at radius 1 is 0.587 bits per heavy atom. The third kappa shape index (κ3) is 6.60. The Hall–Kier alpha value is -4.76. The van der Waals surface area contributed by atoms with Gasteiger partial charge in [0.2, 0.25) is 0 Å². The second-order valence-corrected chi connectivity index (χ2v) is 11.4. The van der Waals surface area contributed by atoms with Crippen LogP contribution in [-0.4, -0.2) is 72.9 Å². The number of hydrogen-bond acceptors (Lipinski definition) is 9. The Bertz CT molecular complexity index is 1540. The van der Waals surface area contributed by atoms with Crippen molar-refractivity contribution in [2.24, 2.45) is 0 Å². The number of methoxy groups -OCH3 is 4. The summed E-state index contributed by atoms with van der Waals surface area (Å²) in [5, 5.41) is 11.4. The highest BCUT2D eigenvalue weighted by atomic mass is 16.5. The van der Waals surface area contributed by atoms with E-state index in [1.54, 1.807) is 28.4 Å². The Morgan fingerprint density at radius 2 is 1.02 bits per heavy atom. The molecule has 4 aromatic carbocycles. The highest BCUT2D eigenvalue weighted by Crippen LogP contribution is 2.39. The molecule has 2 heterocycles. The first kappa shape index (κ1) is 31.2. The number of nitrogens with zero attached hydrogens (tertiary/aromatic N) is 2. The van der Waals surface area contributed by atoms with Gasteiger partial charge in [0.25, 0.3) is 0 Å². The minimum atomic E-state index is -0.813. The van der Waals surface area contributed by atoms with Crippen LogP contribution >= 0.6 is 0 Å². The van der Waals surface area contributed by atoms with Gasteiger partial charge in [-0.25, -0.2) is 0 Å². The quantitative estimate of drug-likeness (QED) is 0.213. The number of aliphatic hydroxyl groups is 1. The van der Waals surface area contributed by atoms with Gasteiger partial charge in [-0.15, -0.1) is 0 Å². The molecular weight excluding hydrogens is 584 g/mol. The first-order chi connectivity index (χ1) is 22.5. The minimum Gasteiger partial charge on any atom is -0.493 e. The molecule has 0 radical (unpaired) electrons. The number of rotatable bonds is 12. The standard InChI is InChI=1S/C37H42N2O7/c1-41-31-11-5-25(21-35(31)43-3)13-15-38-17-19-45-33-23-27(7-9-29(33)38)37(40)28-8-10-30-34(24-28)46-20-18-39(30)16-14-26-6-12-32(42-2)36(22-26)44-4/h5-12,21-24,37,40H,13-20H2,1-4H3. The van der Waals surface area contributed by atoms with Crippen LogP contribution in [-0.2, 0) is 12.8 Å². The van der Waals surface area contributed by atoms with Crippen LogP contribution in [0.15, 0.2) is 72.8 Å². The summed E-state index contributed by atoms with van der Waals surface area (Å²) in [4.78, 5) is 4.66. The van der Waals surface area contributed by atoms with Crippen LogP contribution in [0.3, 0.4) is 0 Å². The van der Waals surface area contributed by atoms with E-state index in [-0.39, 0.29) is 0 Å². The smallest absolute Gasteiger partial charge is 0.160 e. The normalized spacial score (nSPS) is 13.8. The zero-order valence-electron chi connectivity index (χ0n) is 27.0. The van der Waals surface area contributed by atoms with E-state index in [9.17, 15) is 5.11 Å². The summed E-state index contributed by atoms with van der Waals surface area (Å²) in [5.74, 6) is 4.48. The molecule has 4 aromatic rings. The summed E-state index contributed by atoms with van der Waals surface area (Å²) in [6, 6.07) is 24.1. The molecule has 0 amide bonds. The molecule has 1 N–H and O–H groups in total. The molecule has 9 heteroatoms. The van der Waals surface area contributed by atoms with Gasteiger partial charge in [0.15, 0.2) is 23.0 Å². The third-order valence-electron chi connectivity index (χ3n) is 8.75. The van der Waals surface area contributed by atoms with Crippen LogP contribution in [0.4, 0.5) is 11.4 Å². The maximum Gasteiger partial charge on any atom is 0.160 e. The molecule has 46 heavy (non-hydrogen) atoms. The van der Waals surface area contributed by atoms with Gasteiger partial charge < -0.3 is 43.3 Å². The maximum absolute atomic E-state index is 11.4. The molecule has 0 unspecified atom stereocenters. The highest BCUT2D eigenvalue weighted by molar-refractivity contribution is 5.64. The number of hydrogen-bond donors (Lipinski definition) is 1. The molecule has 0 saturated carbocycles. The lowest BCUT2D eigenvalue weighted by Gasteiger charge is -2.32. The molecule has 6 rings (SSSR count). The van der Waals surface area contributed by atoms with Crippen LogP contribution in [0.25, 0.3) is 0 Å². The number of ether oxygens (including phenoxy) is 6. The lowest BCUT2D eigenvalue weighted by molar-refractivity contribution is 0.218. The van der Waals surface area contributed by atoms with Crippen LogP contribution in [0, 0.1) is 0 Å². The summed E-state index contributed by atoms with van der Waals surface area (Å²) in [7, 11) is 6.60. The first-order valence-corrected chi connectivity index (χ1v) is 15.6. The number of fused-ring (bicyclic) bond motifs is 2. The van der Waals surface area contributed by atoms with E-state index in [0.29, 0.717) is 13.2 Å². The Morgan fingerprint density at radius 3 is 1.43 bits per heavy atom. The Kier molecular flexibility index (Phi) is 9.59. The molecule has 0 aliphatic carbocycles. The van der Waals surface area contributed by atoms with E-state index < -0.39 is 6.10 Å². The van der Waals surface area contributed by atoms with Crippen molar-refractivity contribution in [3.8, 4) is 34.5 Å². The van der Waals surface area contributed by atoms with Gasteiger partial charge in [-0.1, -0.05) is 24.3 Å². The maximum atomic E-state index is 11.4. The fourth-order valence-corrected chi connectivity index (χ4v) is 6.19. The van der Waals surface area contributed by atoms with Crippen molar-refractivity contribution >= 4 is 11.4 Å². The fraction of sp³-hybridized carbons (Fsp3) is 0.351. The van der Waals surface area contributed by atoms with E-state index in [1.807, 2.05) is 60.7 Å². The number of anilines is 2. The van der Waals surface area contributed by atoms with Gasteiger partial charge in [-0.05, 0) is 83.6 Å². The second-order valence-electron chi connectivity index (χ2n) is 11.4. The molecule has 2 aliphatic rings. The molecule has 242 valence electrons. The Labute approximate surface area is 270 Å². The minimum absolute atomic E-state index is 0.588. The predicted molar refractivity (Wildman–Crippen MR) is 179 cm³/mol. The highest BCUT2D eigenvalue weighted by Gasteiger charge is 2.24. The van der Waals surface area contributed by atoms with Crippen molar-refractivity contribution in [3.05, 3.63) is 95.1 Å². The summed E-state index contributed by atoms with van der Waals surface area (Å²) in [5.41, 5.74) is 5.96. The zero-order chi connectivity index (χ0) is 32.0. The number of benzene rings is 4. The van der Waals surface area contributed by atoms with E-state index in [1.165, 1.54) is 11.1 Å². The zero-order valence-corrected chi connectivity index (χ0v) is 27.0. The number of aliphatic hydroxyl groups excluding tert-OH is 1. The SMILES string of the molecule is COc1ccc(CCN2CCOc3cc(C(O)c4ccc5c(c4)OCCN5CCc4ccc(OC)c(OC)c4)ccc32)cc1OC. The van der Waals surface area contributed by atoms with Crippen molar-refractivity contribution < 1.29 is 33.5 Å². The van der Waals surface area contributed by atoms with E-state index in [2.05, 4.69) is 21.9 Å². The monoisotopic (exact) mass is 626 g/mol. The summed E-state index contributed by atoms with van der Waals surface area (Å²) < 4.78 is 33.8. The lowest BCUT2D eigenvalue weighted by atomic mass is 9.99. The van der Waals surface area contributed by atoms with E-state index in [0.717, 1.165) is 96.0 Å². The van der Waals surface area contributed by atoms with Crippen molar-refractivity contribution in [2.45, 2.75) is 18.9 Å². The third-order valence-corrected chi connectivity index (χ3v) is 8.75. The summed E-state index contributed by atoms with van der Waals surface area (Å²) in [6.07, 6.45) is 0.891. The molecule has 0 bridgehead atoms. The molecular formula is C37H42N2O7. The van der Waals surface area contributed by atoms with Crippen molar-refractivity contribution in [2.75, 3.05) is 77.6 Å². The van der Waals surface area contributed by atoms with Crippen LogP contribution < -0.4 is 38.2 Å². The molecule has 0 fully saturated rings. The van der Waals surface area contributed by atoms with Gasteiger partial charge in [-0.2, -0.15) is 0 Å². The molecule has 0 saturated heterocycles. The van der Waals surface area contributed by atoms with Gasteiger partial charge in [0, 0.05) is 13.1 Å². The van der Waals surface area contributed by atoms with Gasteiger partial charge >= 0.3 is 0 Å². The summed E-state index contributed by atoms with van der Waals surface area (Å²) in [6.45, 7) is 4.44. The fourth-order valence-electron chi connectivity index (χ4n) is 6.19. The predicted octanol–water partition coefficient (Wildman–Crippen LogP) is 5.69. The van der Waals surface area contributed by atoms with Crippen molar-refractivity contribution in [3.63, 3.8) is 0 Å². The van der Waals surface area contributed by atoms with E-state index >= 15 is 0 Å². The van der Waals surface area contributed by atoms with Gasteiger partial charge in [0.1, 0.15) is 30.8 Å². The average molecular weight is 627 g/mol. The lowest BCUT2D eigenvalue weighted by Crippen LogP contribution is -2.34. The van der Waals surface area contributed by atoms with Crippen molar-refractivity contribution in [1.29, 1.82) is 0 Å². The second kappa shape index (κ2) is 14.1. The molecule has 0 spiro atoms. The topological polar surface area (TPSA) is 82.1 Å². The molecule has 0 atom stereocenters. The molecule has 2 aliphatic heterocycles. The first-order valence-electron chi connectivity index (χ1n) is 15.6. The van der Waals surface area contributed by atoms with Gasteiger partial charge in [-0.3, -0.25) is 0 Å². The molecule has 9 nitrogen and oxygen atoms in total. The summed E-state index contributed by atoms with van der Waals surface area (Å²) >= 11 is 0. The Balaban J connectivity index is 1.12. The van der Waals surface area contributed by atoms with Crippen LogP contribution in [0.2, 0.25) is 0 Å². The van der Waals surface area contributed by atoms with Crippen LogP contribution in [0.5, 0.6) is 34.5 Å². The van der Waals surface area contributed by atoms with Crippen LogP contribution in [0.1, 0.15) is 28.4 Å². The largest absolute Gasteiger partial charge is 0.493 e. The van der Waals surface area contributed by atoms with E-state index in [4.69, 9.17) is 28.4 Å². The average Bonchev–Trinajstić information content (AvgIpc) is 3.11.